The third-order valence-electron chi connectivity index (χ3n) is 2.03. The van der Waals surface area contributed by atoms with Crippen LogP contribution >= 0.6 is 15.9 Å². The second-order valence-corrected chi connectivity index (χ2v) is 3.78. The fraction of sp³-hybridized carbons (Fsp3) is 0.100. The molecule has 2 nitrogen and oxygen atoms in total. The molecule has 0 spiro atoms. The van der Waals surface area contributed by atoms with E-state index in [4.69, 9.17) is 0 Å². The Balaban J connectivity index is 3.09. The Morgan fingerprint density at radius 1 is 1.31 bits per heavy atom. The highest BCUT2D eigenvalue weighted by atomic mass is 79.9. The topological polar surface area (TPSA) is 21.5 Å². The quantitative estimate of drug-likeness (QED) is 0.690. The normalized spacial score (nSPS) is 10.6. The van der Waals surface area contributed by atoms with E-state index in [-0.39, 0.29) is 5.56 Å². The molecule has 0 fully saturated rings. The molecule has 13 heavy (non-hydrogen) atoms. The molecule has 2 aromatic heterocycles. The van der Waals surface area contributed by atoms with Crippen LogP contribution in [0.2, 0.25) is 0 Å². The molecule has 2 aromatic rings. The smallest absolute Gasteiger partial charge is 0.255 e. The summed E-state index contributed by atoms with van der Waals surface area (Å²) >= 11 is 3.42. The fourth-order valence-electron chi connectivity index (χ4n) is 1.41. The lowest BCUT2D eigenvalue weighted by molar-refractivity contribution is 1.08. The number of rotatable bonds is 0. The molecule has 0 aliphatic rings. The molecule has 0 aliphatic heterocycles. The van der Waals surface area contributed by atoms with E-state index < -0.39 is 0 Å². The number of aryl methyl sites for hydroxylation is 1. The summed E-state index contributed by atoms with van der Waals surface area (Å²) < 4.78 is 2.59. The van der Waals surface area contributed by atoms with E-state index in [9.17, 15) is 4.79 Å². The Bertz CT molecular complexity index is 508. The second kappa shape index (κ2) is 3.00. The van der Waals surface area contributed by atoms with Crippen LogP contribution in [0.4, 0.5) is 0 Å². The molecule has 0 saturated heterocycles. The Morgan fingerprint density at radius 2 is 2.08 bits per heavy atom. The van der Waals surface area contributed by atoms with Crippen LogP contribution in [0.5, 0.6) is 0 Å². The summed E-state index contributed by atoms with van der Waals surface area (Å²) in [4.78, 5) is 11.4. The zero-order valence-electron chi connectivity index (χ0n) is 7.12. The van der Waals surface area contributed by atoms with Gasteiger partial charge in [0.1, 0.15) is 0 Å². The molecule has 0 unspecified atom stereocenters. The minimum Gasteiger partial charge on any atom is -0.283 e. The number of halogens is 1. The number of hydrogen-bond donors (Lipinski definition) is 0. The van der Waals surface area contributed by atoms with Gasteiger partial charge >= 0.3 is 0 Å². The lowest BCUT2D eigenvalue weighted by Gasteiger charge is -2.04. The molecule has 0 aliphatic carbocycles. The summed E-state index contributed by atoms with van der Waals surface area (Å²) in [6, 6.07) is 7.19. The lowest BCUT2D eigenvalue weighted by Crippen LogP contribution is -2.12. The summed E-state index contributed by atoms with van der Waals surface area (Å²) in [5, 5.41) is 0. The molecule has 0 N–H and O–H groups in total. The Hall–Kier alpha value is -1.09. The van der Waals surface area contributed by atoms with Crippen LogP contribution in [0.25, 0.3) is 5.52 Å². The number of nitrogens with zero attached hydrogens (tertiary/aromatic N) is 1. The molecule has 0 atom stereocenters. The van der Waals surface area contributed by atoms with Gasteiger partial charge in [-0.1, -0.05) is 6.07 Å². The van der Waals surface area contributed by atoms with Crippen LogP contribution in [-0.4, -0.2) is 4.40 Å². The van der Waals surface area contributed by atoms with Crippen LogP contribution in [0.1, 0.15) is 5.56 Å². The summed E-state index contributed by atoms with van der Waals surface area (Å²) in [6.07, 6.45) is 1.77. The summed E-state index contributed by atoms with van der Waals surface area (Å²) in [5.41, 5.74) is 2.03. The van der Waals surface area contributed by atoms with Crippen LogP contribution in [-0.2, 0) is 0 Å². The van der Waals surface area contributed by atoms with Crippen LogP contribution < -0.4 is 5.56 Å². The van der Waals surface area contributed by atoms with Gasteiger partial charge in [0.25, 0.3) is 5.56 Å². The lowest BCUT2D eigenvalue weighted by atomic mass is 10.2. The van der Waals surface area contributed by atoms with Crippen molar-refractivity contribution in [3.8, 4) is 0 Å². The average molecular weight is 238 g/mol. The van der Waals surface area contributed by atoms with Gasteiger partial charge in [-0.15, -0.1) is 0 Å². The van der Waals surface area contributed by atoms with E-state index in [1.54, 1.807) is 22.7 Å². The Morgan fingerprint density at radius 3 is 2.77 bits per heavy atom. The second-order valence-electron chi connectivity index (χ2n) is 2.93. The highest BCUT2D eigenvalue weighted by Gasteiger charge is 2.01. The van der Waals surface area contributed by atoms with E-state index in [1.807, 2.05) is 19.1 Å². The molecule has 0 saturated carbocycles. The highest BCUT2D eigenvalue weighted by molar-refractivity contribution is 9.10. The van der Waals surface area contributed by atoms with Gasteiger partial charge in [0.2, 0.25) is 0 Å². The predicted octanol–water partition coefficient (Wildman–Crippen LogP) is 2.37. The third-order valence-corrected chi connectivity index (χ3v) is 2.67. The van der Waals surface area contributed by atoms with E-state index in [2.05, 4.69) is 15.9 Å². The molecule has 0 radical (unpaired) electrons. The van der Waals surface area contributed by atoms with Crippen LogP contribution in [0, 0.1) is 6.92 Å². The van der Waals surface area contributed by atoms with E-state index in [0.717, 1.165) is 15.6 Å². The molecule has 2 rings (SSSR count). The van der Waals surface area contributed by atoms with Gasteiger partial charge in [0.15, 0.2) is 0 Å². The van der Waals surface area contributed by atoms with Crippen molar-refractivity contribution in [2.75, 3.05) is 0 Å². The number of aromatic nitrogens is 1. The maximum absolute atomic E-state index is 11.4. The molecular formula is C10H8BrNO. The van der Waals surface area contributed by atoms with Gasteiger partial charge in [-0.3, -0.25) is 9.20 Å². The third kappa shape index (κ3) is 1.29. The number of pyridine rings is 2. The zero-order chi connectivity index (χ0) is 9.42. The molecular weight excluding hydrogens is 230 g/mol. The van der Waals surface area contributed by atoms with E-state index in [1.165, 1.54) is 0 Å². The van der Waals surface area contributed by atoms with Crippen molar-refractivity contribution in [1.29, 1.82) is 0 Å². The minimum atomic E-state index is 0.00176. The minimum absolute atomic E-state index is 0.00176. The standard InChI is InChI=1S/C10H8BrNO/c1-7-3-2-6-12-9(13)5-4-8(11)10(7)12/h2-6H,1H3. The van der Waals surface area contributed by atoms with Crippen molar-refractivity contribution < 1.29 is 0 Å². The van der Waals surface area contributed by atoms with Gasteiger partial charge in [0.05, 0.1) is 5.52 Å². The maximum atomic E-state index is 11.4. The zero-order valence-corrected chi connectivity index (χ0v) is 8.71. The first kappa shape index (κ1) is 8.51. The molecule has 0 aromatic carbocycles. The Kier molecular flexibility index (Phi) is 1.96. The fourth-order valence-corrected chi connectivity index (χ4v) is 2.04. The van der Waals surface area contributed by atoms with Crippen molar-refractivity contribution in [3.05, 3.63) is 50.9 Å². The molecule has 0 bridgehead atoms. The van der Waals surface area contributed by atoms with Crippen molar-refractivity contribution in [2.24, 2.45) is 0 Å². The molecule has 0 amide bonds. The van der Waals surface area contributed by atoms with Crippen LogP contribution in [0.15, 0.2) is 39.7 Å². The number of fused-ring (bicyclic) bond motifs is 1. The molecule has 3 heteroatoms. The Labute approximate surface area is 84.0 Å². The van der Waals surface area contributed by atoms with Crippen LogP contribution in [0.3, 0.4) is 0 Å². The highest BCUT2D eigenvalue weighted by Crippen LogP contribution is 2.18. The average Bonchev–Trinajstić information content (AvgIpc) is 2.12. The van der Waals surface area contributed by atoms with Crippen molar-refractivity contribution >= 4 is 21.4 Å². The first-order valence-corrected chi connectivity index (χ1v) is 4.76. The van der Waals surface area contributed by atoms with E-state index >= 15 is 0 Å². The van der Waals surface area contributed by atoms with E-state index in [0.29, 0.717) is 0 Å². The van der Waals surface area contributed by atoms with Gasteiger partial charge in [-0.2, -0.15) is 0 Å². The van der Waals surface area contributed by atoms with Crippen molar-refractivity contribution in [1.82, 2.24) is 4.40 Å². The van der Waals surface area contributed by atoms with Gasteiger partial charge in [-0.25, -0.2) is 0 Å². The summed E-state index contributed by atoms with van der Waals surface area (Å²) in [5.74, 6) is 0. The van der Waals surface area contributed by atoms with Crippen molar-refractivity contribution in [2.45, 2.75) is 6.92 Å². The predicted molar refractivity (Wildman–Crippen MR) is 56.1 cm³/mol. The first-order chi connectivity index (χ1) is 6.20. The summed E-state index contributed by atoms with van der Waals surface area (Å²) in [6.45, 7) is 1.99. The molecule has 2 heterocycles. The van der Waals surface area contributed by atoms with Gasteiger partial charge in [0, 0.05) is 16.7 Å². The molecule has 66 valence electrons. The van der Waals surface area contributed by atoms with Gasteiger partial charge < -0.3 is 0 Å². The first-order valence-electron chi connectivity index (χ1n) is 3.96. The van der Waals surface area contributed by atoms with Gasteiger partial charge in [-0.05, 0) is 40.5 Å². The summed E-state index contributed by atoms with van der Waals surface area (Å²) in [7, 11) is 0. The maximum Gasteiger partial charge on any atom is 0.255 e. The largest absolute Gasteiger partial charge is 0.283 e. The monoisotopic (exact) mass is 237 g/mol. The SMILES string of the molecule is Cc1cccn2c(=O)ccc(Br)c12. The van der Waals surface area contributed by atoms with Crippen molar-refractivity contribution in [3.63, 3.8) is 0 Å². The number of hydrogen-bond acceptors (Lipinski definition) is 1.